The molecule has 0 saturated carbocycles. The molecule has 0 amide bonds. The second-order valence-electron chi connectivity index (χ2n) is 7.20. The van der Waals surface area contributed by atoms with Gasteiger partial charge in [-0.1, -0.05) is 12.1 Å². The SMILES string of the molecule is c1cc(CN2[C@H]3CCNC[C@@H]2CC3)cc(OCCCn2ccnc2)c1. The summed E-state index contributed by atoms with van der Waals surface area (Å²) < 4.78 is 8.05. The second kappa shape index (κ2) is 8.02. The van der Waals surface area contributed by atoms with Gasteiger partial charge in [0.05, 0.1) is 12.9 Å². The zero-order valence-corrected chi connectivity index (χ0v) is 14.8. The van der Waals surface area contributed by atoms with Gasteiger partial charge in [0.2, 0.25) is 0 Å². The van der Waals surface area contributed by atoms with E-state index in [4.69, 9.17) is 4.74 Å². The predicted octanol–water partition coefficient (Wildman–Crippen LogP) is 2.68. The maximum absolute atomic E-state index is 5.96. The molecular weight excluding hydrogens is 312 g/mol. The van der Waals surface area contributed by atoms with Gasteiger partial charge in [0.1, 0.15) is 5.75 Å². The van der Waals surface area contributed by atoms with Gasteiger partial charge in [0.25, 0.3) is 0 Å². The van der Waals surface area contributed by atoms with Gasteiger partial charge in [-0.15, -0.1) is 0 Å². The van der Waals surface area contributed by atoms with Crippen molar-refractivity contribution in [2.45, 2.75) is 50.9 Å². The van der Waals surface area contributed by atoms with Crippen molar-refractivity contribution in [3.05, 3.63) is 48.5 Å². The summed E-state index contributed by atoms with van der Waals surface area (Å²) in [7, 11) is 0. The molecule has 2 bridgehead atoms. The van der Waals surface area contributed by atoms with Crippen molar-refractivity contribution in [3.8, 4) is 5.75 Å². The first-order valence-electron chi connectivity index (χ1n) is 9.52. The van der Waals surface area contributed by atoms with E-state index < -0.39 is 0 Å². The predicted molar refractivity (Wildman–Crippen MR) is 98.6 cm³/mol. The Balaban J connectivity index is 1.30. The van der Waals surface area contributed by atoms with E-state index in [1.165, 1.54) is 24.8 Å². The molecule has 0 unspecified atom stereocenters. The minimum atomic E-state index is 0.701. The quantitative estimate of drug-likeness (QED) is 0.787. The number of hydrogen-bond donors (Lipinski definition) is 1. The third-order valence-corrected chi connectivity index (χ3v) is 5.46. The molecule has 0 spiro atoms. The molecule has 2 fully saturated rings. The van der Waals surface area contributed by atoms with Gasteiger partial charge in [-0.05, 0) is 49.9 Å². The van der Waals surface area contributed by atoms with Crippen molar-refractivity contribution >= 4 is 0 Å². The van der Waals surface area contributed by atoms with E-state index in [2.05, 4.69) is 44.0 Å². The molecule has 2 aliphatic heterocycles. The highest BCUT2D eigenvalue weighted by atomic mass is 16.5. The Bertz CT molecular complexity index is 643. The summed E-state index contributed by atoms with van der Waals surface area (Å²) >= 11 is 0. The first kappa shape index (κ1) is 16.6. The zero-order chi connectivity index (χ0) is 16.9. The summed E-state index contributed by atoms with van der Waals surface area (Å²) in [5.41, 5.74) is 1.37. The fraction of sp³-hybridized carbons (Fsp3) is 0.550. The zero-order valence-electron chi connectivity index (χ0n) is 14.8. The Hall–Kier alpha value is -1.85. The normalized spacial score (nSPS) is 23.5. The first-order chi connectivity index (χ1) is 12.4. The Kier molecular flexibility index (Phi) is 5.33. The molecule has 5 nitrogen and oxygen atoms in total. The number of hydrogen-bond acceptors (Lipinski definition) is 4. The van der Waals surface area contributed by atoms with Gasteiger partial charge in [0.15, 0.2) is 0 Å². The molecule has 134 valence electrons. The highest BCUT2D eigenvalue weighted by Gasteiger charge is 2.34. The Morgan fingerprint density at radius 3 is 3.08 bits per heavy atom. The number of ether oxygens (including phenoxy) is 1. The topological polar surface area (TPSA) is 42.3 Å². The molecular formula is C20H28N4O. The van der Waals surface area contributed by atoms with E-state index in [1.54, 1.807) is 0 Å². The summed E-state index contributed by atoms with van der Waals surface area (Å²) in [6.45, 7) is 5.03. The van der Waals surface area contributed by atoms with Crippen LogP contribution < -0.4 is 10.1 Å². The molecule has 0 aliphatic carbocycles. The first-order valence-corrected chi connectivity index (χ1v) is 9.52. The molecule has 1 aromatic carbocycles. The summed E-state index contributed by atoms with van der Waals surface area (Å²) in [6.07, 6.45) is 10.6. The Labute approximate surface area is 150 Å². The van der Waals surface area contributed by atoms with Gasteiger partial charge >= 0.3 is 0 Å². The summed E-state index contributed by atoms with van der Waals surface area (Å²) in [5.74, 6) is 0.989. The second-order valence-corrected chi connectivity index (χ2v) is 7.20. The van der Waals surface area contributed by atoms with Gasteiger partial charge in [0, 0.05) is 44.1 Å². The van der Waals surface area contributed by atoms with E-state index in [0.717, 1.165) is 51.0 Å². The van der Waals surface area contributed by atoms with Crippen molar-refractivity contribution in [1.82, 2.24) is 19.8 Å². The third kappa shape index (κ3) is 4.22. The molecule has 2 saturated heterocycles. The molecule has 2 atom stereocenters. The Morgan fingerprint density at radius 2 is 2.16 bits per heavy atom. The molecule has 25 heavy (non-hydrogen) atoms. The molecule has 5 heteroatoms. The number of aryl methyl sites for hydroxylation is 1. The largest absolute Gasteiger partial charge is 0.494 e. The van der Waals surface area contributed by atoms with E-state index >= 15 is 0 Å². The monoisotopic (exact) mass is 340 g/mol. The van der Waals surface area contributed by atoms with Crippen molar-refractivity contribution < 1.29 is 4.74 Å². The lowest BCUT2D eigenvalue weighted by molar-refractivity contribution is 0.193. The molecule has 3 heterocycles. The van der Waals surface area contributed by atoms with Crippen LogP contribution in [0.2, 0.25) is 0 Å². The van der Waals surface area contributed by atoms with Crippen LogP contribution in [0.5, 0.6) is 5.75 Å². The van der Waals surface area contributed by atoms with Gasteiger partial charge in [-0.2, -0.15) is 0 Å². The number of imidazole rings is 1. The smallest absolute Gasteiger partial charge is 0.119 e. The minimum Gasteiger partial charge on any atom is -0.494 e. The summed E-state index contributed by atoms with van der Waals surface area (Å²) in [4.78, 5) is 6.77. The maximum Gasteiger partial charge on any atom is 0.119 e. The summed E-state index contributed by atoms with van der Waals surface area (Å²) in [5, 5.41) is 3.58. The molecule has 4 rings (SSSR count). The average Bonchev–Trinajstić information content (AvgIpc) is 3.20. The van der Waals surface area contributed by atoms with Crippen molar-refractivity contribution in [3.63, 3.8) is 0 Å². The molecule has 2 aromatic rings. The van der Waals surface area contributed by atoms with Crippen LogP contribution in [0.15, 0.2) is 43.0 Å². The summed E-state index contributed by atoms with van der Waals surface area (Å²) in [6, 6.07) is 10.1. The van der Waals surface area contributed by atoms with Crippen LogP contribution >= 0.6 is 0 Å². The van der Waals surface area contributed by atoms with Gasteiger partial charge in [-0.25, -0.2) is 4.98 Å². The lowest BCUT2D eigenvalue weighted by Crippen LogP contribution is -2.37. The average molecular weight is 340 g/mol. The third-order valence-electron chi connectivity index (χ3n) is 5.46. The lowest BCUT2D eigenvalue weighted by Gasteiger charge is -2.27. The molecule has 2 aliphatic rings. The number of fused-ring (bicyclic) bond motifs is 2. The van der Waals surface area contributed by atoms with E-state index in [1.807, 2.05) is 18.7 Å². The number of aromatic nitrogens is 2. The molecule has 1 aromatic heterocycles. The number of rotatable bonds is 7. The number of benzene rings is 1. The fourth-order valence-electron chi connectivity index (χ4n) is 4.14. The maximum atomic E-state index is 5.96. The molecule has 0 radical (unpaired) electrons. The van der Waals surface area contributed by atoms with Crippen LogP contribution in [-0.2, 0) is 13.1 Å². The molecule has 1 N–H and O–H groups in total. The van der Waals surface area contributed by atoms with Crippen LogP contribution in [0.25, 0.3) is 0 Å². The van der Waals surface area contributed by atoms with Crippen molar-refractivity contribution in [1.29, 1.82) is 0 Å². The highest BCUT2D eigenvalue weighted by Crippen LogP contribution is 2.30. The van der Waals surface area contributed by atoms with Crippen molar-refractivity contribution in [2.75, 3.05) is 19.7 Å². The number of nitrogens with one attached hydrogen (secondary N) is 1. The van der Waals surface area contributed by atoms with Gasteiger partial charge in [-0.3, -0.25) is 4.90 Å². The fourth-order valence-corrected chi connectivity index (χ4v) is 4.14. The van der Waals surface area contributed by atoms with Crippen LogP contribution in [0.1, 0.15) is 31.2 Å². The standard InChI is InChI=1S/C20H28N4O/c1-3-17(15-24-18-5-6-19(24)14-21-8-7-18)13-20(4-1)25-12-2-10-23-11-9-22-16-23/h1,3-4,9,11,13,16,18-19,21H,2,5-8,10,12,14-15H2/t18-,19+/m1/s1. The Morgan fingerprint density at radius 1 is 1.20 bits per heavy atom. The van der Waals surface area contributed by atoms with Crippen LogP contribution in [-0.4, -0.2) is 46.2 Å². The van der Waals surface area contributed by atoms with Crippen LogP contribution in [0.3, 0.4) is 0 Å². The van der Waals surface area contributed by atoms with Crippen LogP contribution in [0, 0.1) is 0 Å². The van der Waals surface area contributed by atoms with Gasteiger partial charge < -0.3 is 14.6 Å². The van der Waals surface area contributed by atoms with Crippen molar-refractivity contribution in [2.24, 2.45) is 0 Å². The van der Waals surface area contributed by atoms with Crippen LogP contribution in [0.4, 0.5) is 0 Å². The van der Waals surface area contributed by atoms with E-state index in [-0.39, 0.29) is 0 Å². The number of nitrogens with zero attached hydrogens (tertiary/aromatic N) is 3. The minimum absolute atomic E-state index is 0.701. The highest BCUT2D eigenvalue weighted by molar-refractivity contribution is 5.28. The lowest BCUT2D eigenvalue weighted by atomic mass is 10.1. The van der Waals surface area contributed by atoms with E-state index in [9.17, 15) is 0 Å². The van der Waals surface area contributed by atoms with E-state index in [0.29, 0.717) is 6.04 Å².